The quantitative estimate of drug-likeness (QED) is 0.631. The van der Waals surface area contributed by atoms with Crippen molar-refractivity contribution in [1.82, 2.24) is 14.9 Å². The van der Waals surface area contributed by atoms with Crippen molar-refractivity contribution < 1.29 is 9.84 Å². The van der Waals surface area contributed by atoms with Crippen LogP contribution in [0, 0.1) is 0 Å². The molecule has 2 N–H and O–H groups in total. The van der Waals surface area contributed by atoms with E-state index in [9.17, 15) is 5.11 Å². The zero-order chi connectivity index (χ0) is 21.0. The fourth-order valence-corrected chi connectivity index (χ4v) is 4.62. The zero-order valence-electron chi connectivity index (χ0n) is 17.8. The van der Waals surface area contributed by atoms with Gasteiger partial charge in [-0.15, -0.1) is 0 Å². The molecule has 1 saturated carbocycles. The molecule has 3 aromatic rings. The van der Waals surface area contributed by atoms with Crippen LogP contribution in [0.15, 0.2) is 54.7 Å². The van der Waals surface area contributed by atoms with E-state index in [-0.39, 0.29) is 12.2 Å². The molecule has 31 heavy (non-hydrogen) atoms. The van der Waals surface area contributed by atoms with Gasteiger partial charge in [-0.1, -0.05) is 30.3 Å². The summed E-state index contributed by atoms with van der Waals surface area (Å²) >= 11 is 0. The molecule has 2 aromatic carbocycles. The summed E-state index contributed by atoms with van der Waals surface area (Å²) < 4.78 is 6.30. The minimum Gasteiger partial charge on any atom is -0.489 e. The predicted molar refractivity (Wildman–Crippen MR) is 122 cm³/mol. The van der Waals surface area contributed by atoms with Crippen molar-refractivity contribution >= 4 is 16.9 Å². The number of fused-ring (bicyclic) bond motifs is 1. The van der Waals surface area contributed by atoms with E-state index in [2.05, 4.69) is 45.5 Å². The first-order valence-corrected chi connectivity index (χ1v) is 11.4. The van der Waals surface area contributed by atoms with Gasteiger partial charge in [0.25, 0.3) is 0 Å². The smallest absolute Gasteiger partial charge is 0.223 e. The molecule has 6 heteroatoms. The van der Waals surface area contributed by atoms with Crippen LogP contribution in [0.2, 0.25) is 0 Å². The maximum Gasteiger partial charge on any atom is 0.223 e. The summed E-state index contributed by atoms with van der Waals surface area (Å²) in [5.74, 6) is 1.52. The van der Waals surface area contributed by atoms with Gasteiger partial charge in [-0.3, -0.25) is 4.90 Å². The molecule has 1 atom stereocenters. The first-order valence-electron chi connectivity index (χ1n) is 11.4. The second-order valence-corrected chi connectivity index (χ2v) is 8.81. The molecular weight excluding hydrogens is 388 g/mol. The number of anilines is 1. The highest BCUT2D eigenvalue weighted by Crippen LogP contribution is 2.25. The van der Waals surface area contributed by atoms with E-state index < -0.39 is 0 Å². The fraction of sp³-hybridized carbons (Fsp3) is 0.440. The molecule has 5 rings (SSSR count). The summed E-state index contributed by atoms with van der Waals surface area (Å²) in [7, 11) is 0. The Morgan fingerprint density at radius 2 is 1.87 bits per heavy atom. The minimum atomic E-state index is -0.158. The molecule has 6 nitrogen and oxygen atoms in total. The Labute approximate surface area is 183 Å². The Balaban J connectivity index is 1.21. The third-order valence-electron chi connectivity index (χ3n) is 6.36. The largest absolute Gasteiger partial charge is 0.489 e. The fourth-order valence-electron chi connectivity index (χ4n) is 4.62. The van der Waals surface area contributed by atoms with Crippen molar-refractivity contribution in [1.29, 1.82) is 0 Å². The highest BCUT2D eigenvalue weighted by atomic mass is 16.5. The zero-order valence-corrected chi connectivity index (χ0v) is 17.8. The first-order chi connectivity index (χ1) is 15.2. The lowest BCUT2D eigenvalue weighted by Crippen LogP contribution is -2.28. The van der Waals surface area contributed by atoms with Crippen LogP contribution < -0.4 is 10.1 Å². The summed E-state index contributed by atoms with van der Waals surface area (Å²) in [6.45, 7) is 2.97. The number of aliphatic hydroxyl groups is 1. The third kappa shape index (κ3) is 5.14. The minimum absolute atomic E-state index is 0.158. The standard InChI is InChI=1S/C25H30N4O2/c30-21-9-7-20(8-10-21)27-25-26-15-19-6-11-22(14-24(19)28-25)31-23-12-13-29(17-23)16-18-4-2-1-3-5-18/h1-6,11,14-15,20-21,23,30H,7-10,12-13,16-17H2,(H,26,27,28)/t20?,21?,23-/m1/s1. The SMILES string of the molecule is OC1CCC(Nc2ncc3ccc(O[C@@H]4CCN(Cc5ccccc5)C4)cc3n2)CC1. The Bertz CT molecular complexity index is 1000. The summed E-state index contributed by atoms with van der Waals surface area (Å²) in [6.07, 6.45) is 6.53. The van der Waals surface area contributed by atoms with Crippen molar-refractivity contribution in [3.8, 4) is 5.75 Å². The van der Waals surface area contributed by atoms with Crippen LogP contribution in [-0.2, 0) is 6.54 Å². The second-order valence-electron chi connectivity index (χ2n) is 8.81. The number of aliphatic hydroxyl groups excluding tert-OH is 1. The van der Waals surface area contributed by atoms with Gasteiger partial charge >= 0.3 is 0 Å². The molecule has 0 bridgehead atoms. The number of ether oxygens (including phenoxy) is 1. The van der Waals surface area contributed by atoms with Crippen molar-refractivity contribution in [2.24, 2.45) is 0 Å². The van der Waals surface area contributed by atoms with Gasteiger partial charge in [0.15, 0.2) is 0 Å². The van der Waals surface area contributed by atoms with E-state index >= 15 is 0 Å². The molecule has 0 unspecified atom stereocenters. The number of aromatic nitrogens is 2. The molecule has 2 heterocycles. The van der Waals surface area contributed by atoms with Gasteiger partial charge < -0.3 is 15.2 Å². The normalized spacial score (nSPS) is 24.4. The van der Waals surface area contributed by atoms with Gasteiger partial charge in [-0.2, -0.15) is 0 Å². The van der Waals surface area contributed by atoms with Gasteiger partial charge in [0.05, 0.1) is 11.6 Å². The van der Waals surface area contributed by atoms with Gasteiger partial charge in [0.1, 0.15) is 11.9 Å². The van der Waals surface area contributed by atoms with Gasteiger partial charge in [-0.05, 0) is 49.8 Å². The molecule has 1 aliphatic heterocycles. The lowest BCUT2D eigenvalue weighted by atomic mass is 9.93. The number of hydrogen-bond acceptors (Lipinski definition) is 6. The molecule has 0 radical (unpaired) electrons. The number of nitrogens with zero attached hydrogens (tertiary/aromatic N) is 3. The van der Waals surface area contributed by atoms with E-state index in [0.717, 1.165) is 68.4 Å². The number of nitrogens with one attached hydrogen (secondary N) is 1. The number of rotatable bonds is 6. The lowest BCUT2D eigenvalue weighted by Gasteiger charge is -2.26. The molecule has 2 fully saturated rings. The van der Waals surface area contributed by atoms with Crippen molar-refractivity contribution in [3.63, 3.8) is 0 Å². The van der Waals surface area contributed by atoms with Crippen molar-refractivity contribution in [2.45, 2.75) is 56.9 Å². The molecule has 2 aliphatic rings. The monoisotopic (exact) mass is 418 g/mol. The van der Waals surface area contributed by atoms with E-state index in [1.54, 1.807) is 0 Å². The summed E-state index contributed by atoms with van der Waals surface area (Å²) in [6, 6.07) is 17.0. The number of hydrogen-bond donors (Lipinski definition) is 2. The maximum absolute atomic E-state index is 9.70. The Hall–Kier alpha value is -2.70. The molecule has 0 spiro atoms. The Morgan fingerprint density at radius 1 is 1.03 bits per heavy atom. The molecule has 1 aromatic heterocycles. The van der Waals surface area contributed by atoms with Crippen LogP contribution in [0.4, 0.5) is 5.95 Å². The van der Waals surface area contributed by atoms with E-state index in [1.165, 1.54) is 5.56 Å². The van der Waals surface area contributed by atoms with Crippen LogP contribution in [0.5, 0.6) is 5.75 Å². The lowest BCUT2D eigenvalue weighted by molar-refractivity contribution is 0.126. The second kappa shape index (κ2) is 9.20. The Morgan fingerprint density at radius 3 is 2.71 bits per heavy atom. The van der Waals surface area contributed by atoms with Gasteiger partial charge in [0, 0.05) is 43.3 Å². The van der Waals surface area contributed by atoms with E-state index in [1.807, 2.05) is 24.4 Å². The molecule has 1 saturated heterocycles. The highest BCUT2D eigenvalue weighted by Gasteiger charge is 2.24. The molecule has 0 amide bonds. The van der Waals surface area contributed by atoms with Crippen molar-refractivity contribution in [3.05, 3.63) is 60.3 Å². The highest BCUT2D eigenvalue weighted by molar-refractivity contribution is 5.80. The average molecular weight is 419 g/mol. The first kappa shape index (κ1) is 20.2. The Kier molecular flexibility index (Phi) is 6.00. The topological polar surface area (TPSA) is 70.5 Å². The molecule has 162 valence electrons. The molecule has 1 aliphatic carbocycles. The van der Waals surface area contributed by atoms with Crippen LogP contribution >= 0.6 is 0 Å². The van der Waals surface area contributed by atoms with Crippen LogP contribution in [0.1, 0.15) is 37.7 Å². The number of benzene rings is 2. The summed E-state index contributed by atoms with van der Waals surface area (Å²) in [5.41, 5.74) is 2.24. The van der Waals surface area contributed by atoms with E-state index in [0.29, 0.717) is 12.0 Å². The maximum atomic E-state index is 9.70. The van der Waals surface area contributed by atoms with Crippen molar-refractivity contribution in [2.75, 3.05) is 18.4 Å². The van der Waals surface area contributed by atoms with Gasteiger partial charge in [-0.25, -0.2) is 9.97 Å². The van der Waals surface area contributed by atoms with Crippen LogP contribution in [-0.4, -0.2) is 51.3 Å². The average Bonchev–Trinajstić information content (AvgIpc) is 3.22. The summed E-state index contributed by atoms with van der Waals surface area (Å²) in [5, 5.41) is 14.1. The third-order valence-corrected chi connectivity index (χ3v) is 6.36. The van der Waals surface area contributed by atoms with Crippen LogP contribution in [0.3, 0.4) is 0 Å². The predicted octanol–water partition coefficient (Wildman–Crippen LogP) is 4.00. The van der Waals surface area contributed by atoms with Gasteiger partial charge in [0.2, 0.25) is 5.95 Å². The number of likely N-dealkylation sites (tertiary alicyclic amines) is 1. The van der Waals surface area contributed by atoms with E-state index in [4.69, 9.17) is 9.72 Å². The molecular formula is C25H30N4O2. The summed E-state index contributed by atoms with van der Waals surface area (Å²) in [4.78, 5) is 11.6. The van der Waals surface area contributed by atoms with Crippen LogP contribution in [0.25, 0.3) is 10.9 Å².